The molecule has 0 aliphatic rings. The monoisotopic (exact) mass is 219 g/mol. The predicted octanol–water partition coefficient (Wildman–Crippen LogP) is 4.33. The van der Waals surface area contributed by atoms with Gasteiger partial charge in [-0.2, -0.15) is 0 Å². The van der Waals surface area contributed by atoms with E-state index < -0.39 is 0 Å². The molecule has 0 unspecified atom stereocenters. The molecule has 90 valence electrons. The molecule has 0 N–H and O–H groups in total. The van der Waals surface area contributed by atoms with Gasteiger partial charge < -0.3 is 0 Å². The summed E-state index contributed by atoms with van der Waals surface area (Å²) in [5.74, 6) is 0. The third-order valence-electron chi connectivity index (χ3n) is 2.94. The Labute approximate surface area is 100 Å². The maximum atomic E-state index is 4.65. The van der Waals surface area contributed by atoms with E-state index in [1.807, 2.05) is 0 Å². The second-order valence-corrected chi connectivity index (χ2v) is 4.55. The maximum Gasteiger partial charge on any atom is 0.0435 e. The Morgan fingerprint density at radius 3 is 2.31 bits per heavy atom. The molecule has 1 aromatic heterocycles. The Hall–Kier alpha value is -0.850. The molecule has 1 nitrogen and oxygen atoms in total. The topological polar surface area (TPSA) is 12.9 Å². The molecular formula is C15H25N. The number of nitrogens with zero attached hydrogens (tertiary/aromatic N) is 1. The molecule has 1 heteroatoms. The molecule has 0 aliphatic carbocycles. The minimum Gasteiger partial charge on any atom is -0.261 e. The van der Waals surface area contributed by atoms with Crippen molar-refractivity contribution >= 4 is 0 Å². The molecule has 0 saturated carbocycles. The summed E-state index contributed by atoms with van der Waals surface area (Å²) >= 11 is 0. The molecule has 0 atom stereocenters. The van der Waals surface area contributed by atoms with Crippen molar-refractivity contribution in [2.24, 2.45) is 0 Å². The maximum absolute atomic E-state index is 4.65. The van der Waals surface area contributed by atoms with Crippen molar-refractivity contribution in [1.29, 1.82) is 0 Å². The van der Waals surface area contributed by atoms with Crippen LogP contribution in [0.2, 0.25) is 0 Å². The van der Waals surface area contributed by atoms with Gasteiger partial charge in [-0.15, -0.1) is 0 Å². The van der Waals surface area contributed by atoms with Crippen LogP contribution in [0.4, 0.5) is 0 Å². The third-order valence-corrected chi connectivity index (χ3v) is 2.94. The van der Waals surface area contributed by atoms with Gasteiger partial charge in [-0.05, 0) is 36.8 Å². The molecule has 1 rings (SSSR count). The summed E-state index contributed by atoms with van der Waals surface area (Å²) in [6.45, 7) is 6.71. The average Bonchev–Trinajstić information content (AvgIpc) is 2.29. The Kier molecular flexibility index (Phi) is 6.14. The van der Waals surface area contributed by atoms with Crippen molar-refractivity contribution in [2.45, 2.75) is 65.7 Å². The van der Waals surface area contributed by atoms with E-state index in [1.165, 1.54) is 48.9 Å². The second kappa shape index (κ2) is 7.43. The number of hydrogen-bond acceptors (Lipinski definition) is 1. The van der Waals surface area contributed by atoms with Gasteiger partial charge in [-0.25, -0.2) is 0 Å². The average molecular weight is 219 g/mol. The second-order valence-electron chi connectivity index (χ2n) is 4.55. The zero-order valence-corrected chi connectivity index (χ0v) is 11.1. The lowest BCUT2D eigenvalue weighted by atomic mass is 10.0. The van der Waals surface area contributed by atoms with Crippen LogP contribution in [0.3, 0.4) is 0 Å². The summed E-state index contributed by atoms with van der Waals surface area (Å²) in [5.41, 5.74) is 4.23. The van der Waals surface area contributed by atoms with Gasteiger partial charge in [-0.1, -0.05) is 46.1 Å². The largest absolute Gasteiger partial charge is 0.261 e. The van der Waals surface area contributed by atoms with Crippen LogP contribution in [0, 0.1) is 0 Å². The number of aromatic nitrogens is 1. The predicted molar refractivity (Wildman–Crippen MR) is 70.8 cm³/mol. The van der Waals surface area contributed by atoms with E-state index in [0.717, 1.165) is 12.8 Å². The lowest BCUT2D eigenvalue weighted by Gasteiger charge is -2.09. The van der Waals surface area contributed by atoms with Gasteiger partial charge in [0.25, 0.3) is 0 Å². The first kappa shape index (κ1) is 13.2. The Bertz CT molecular complexity index is 304. The summed E-state index contributed by atoms with van der Waals surface area (Å²) < 4.78 is 0. The molecule has 0 fully saturated rings. The summed E-state index contributed by atoms with van der Waals surface area (Å²) in [6, 6.07) is 2.38. The fourth-order valence-electron chi connectivity index (χ4n) is 2.07. The molecule has 1 aromatic rings. The highest BCUT2D eigenvalue weighted by Gasteiger charge is 2.04. The van der Waals surface area contributed by atoms with Gasteiger partial charge in [0.15, 0.2) is 0 Å². The van der Waals surface area contributed by atoms with Gasteiger partial charge >= 0.3 is 0 Å². The molecule has 1 heterocycles. The van der Waals surface area contributed by atoms with Gasteiger partial charge in [0.05, 0.1) is 0 Å². The molecule has 0 saturated heterocycles. The molecule has 0 aromatic carbocycles. The van der Waals surface area contributed by atoms with Crippen LogP contribution in [-0.2, 0) is 19.3 Å². The summed E-state index contributed by atoms with van der Waals surface area (Å²) in [7, 11) is 0. The summed E-state index contributed by atoms with van der Waals surface area (Å²) in [5, 5.41) is 0. The van der Waals surface area contributed by atoms with Crippen molar-refractivity contribution in [2.75, 3.05) is 0 Å². The third kappa shape index (κ3) is 3.96. The van der Waals surface area contributed by atoms with E-state index in [-0.39, 0.29) is 0 Å². The Balaban J connectivity index is 2.80. The van der Waals surface area contributed by atoms with Crippen LogP contribution < -0.4 is 0 Å². The standard InChI is InChI=1S/C15H25N/c1-4-7-10-15-14(9-6-3)11-13(8-5-2)12-16-15/h11-12H,4-10H2,1-3H3. The van der Waals surface area contributed by atoms with Crippen molar-refractivity contribution in [3.63, 3.8) is 0 Å². The Morgan fingerprint density at radius 1 is 0.938 bits per heavy atom. The first-order valence-electron chi connectivity index (χ1n) is 6.78. The van der Waals surface area contributed by atoms with Gasteiger partial charge in [0.2, 0.25) is 0 Å². The number of rotatable bonds is 7. The lowest BCUT2D eigenvalue weighted by Crippen LogP contribution is -2.00. The van der Waals surface area contributed by atoms with Crippen LogP contribution in [0.15, 0.2) is 12.3 Å². The molecule has 16 heavy (non-hydrogen) atoms. The highest BCUT2D eigenvalue weighted by Crippen LogP contribution is 2.15. The summed E-state index contributed by atoms with van der Waals surface area (Å²) in [6.07, 6.45) is 10.5. The number of hydrogen-bond donors (Lipinski definition) is 0. The minimum atomic E-state index is 1.15. The first-order valence-corrected chi connectivity index (χ1v) is 6.78. The number of aryl methyl sites for hydroxylation is 3. The van der Waals surface area contributed by atoms with E-state index in [2.05, 4.69) is 38.0 Å². The Morgan fingerprint density at radius 2 is 1.69 bits per heavy atom. The van der Waals surface area contributed by atoms with E-state index in [1.54, 1.807) is 0 Å². The van der Waals surface area contributed by atoms with E-state index in [9.17, 15) is 0 Å². The number of pyridine rings is 1. The van der Waals surface area contributed by atoms with Crippen LogP contribution in [0.5, 0.6) is 0 Å². The van der Waals surface area contributed by atoms with E-state index in [4.69, 9.17) is 0 Å². The highest BCUT2D eigenvalue weighted by molar-refractivity contribution is 5.26. The molecular weight excluding hydrogens is 194 g/mol. The molecule has 0 bridgehead atoms. The molecule has 0 spiro atoms. The minimum absolute atomic E-state index is 1.15. The van der Waals surface area contributed by atoms with E-state index >= 15 is 0 Å². The van der Waals surface area contributed by atoms with Crippen LogP contribution >= 0.6 is 0 Å². The van der Waals surface area contributed by atoms with Crippen LogP contribution in [0.1, 0.15) is 63.3 Å². The smallest absolute Gasteiger partial charge is 0.0435 e. The SMILES string of the molecule is CCCCc1ncc(CCC)cc1CCC. The first-order chi connectivity index (χ1) is 7.81. The van der Waals surface area contributed by atoms with Crippen molar-refractivity contribution < 1.29 is 0 Å². The van der Waals surface area contributed by atoms with Crippen LogP contribution in [-0.4, -0.2) is 4.98 Å². The molecule has 0 amide bonds. The summed E-state index contributed by atoms with van der Waals surface area (Å²) in [4.78, 5) is 4.65. The fourth-order valence-corrected chi connectivity index (χ4v) is 2.07. The normalized spacial score (nSPS) is 10.7. The van der Waals surface area contributed by atoms with Gasteiger partial charge in [-0.3, -0.25) is 4.98 Å². The highest BCUT2D eigenvalue weighted by atomic mass is 14.7. The fraction of sp³-hybridized carbons (Fsp3) is 0.667. The van der Waals surface area contributed by atoms with Gasteiger partial charge in [0, 0.05) is 11.9 Å². The quantitative estimate of drug-likeness (QED) is 0.665. The lowest BCUT2D eigenvalue weighted by molar-refractivity contribution is 0.754. The van der Waals surface area contributed by atoms with Crippen molar-refractivity contribution in [1.82, 2.24) is 4.98 Å². The number of unbranched alkanes of at least 4 members (excludes halogenated alkanes) is 1. The zero-order chi connectivity index (χ0) is 11.8. The van der Waals surface area contributed by atoms with Crippen molar-refractivity contribution in [3.8, 4) is 0 Å². The molecule has 0 aliphatic heterocycles. The molecule has 0 radical (unpaired) electrons. The zero-order valence-electron chi connectivity index (χ0n) is 11.1. The van der Waals surface area contributed by atoms with E-state index in [0.29, 0.717) is 0 Å². The van der Waals surface area contributed by atoms with Crippen LogP contribution in [0.25, 0.3) is 0 Å². The van der Waals surface area contributed by atoms with Crippen molar-refractivity contribution in [3.05, 3.63) is 29.1 Å². The van der Waals surface area contributed by atoms with Gasteiger partial charge in [0.1, 0.15) is 0 Å².